The predicted octanol–water partition coefficient (Wildman–Crippen LogP) is 5.09. The third-order valence-corrected chi connectivity index (χ3v) is 6.58. The van der Waals surface area contributed by atoms with Crippen LogP contribution in [0.2, 0.25) is 0 Å². The van der Waals surface area contributed by atoms with Crippen LogP contribution in [0.1, 0.15) is 25.0 Å². The van der Waals surface area contributed by atoms with E-state index in [2.05, 4.69) is 86.7 Å². The quantitative estimate of drug-likeness (QED) is 0.691. The van der Waals surface area contributed by atoms with Crippen LogP contribution in [0.25, 0.3) is 0 Å². The normalized spacial score (nSPS) is 38.3. The van der Waals surface area contributed by atoms with Crippen molar-refractivity contribution < 1.29 is 0 Å². The smallest absolute Gasteiger partial charge is 0.121 e. The first kappa shape index (κ1) is 13.2. The molecule has 3 aliphatic rings. The van der Waals surface area contributed by atoms with Crippen LogP contribution in [0.5, 0.6) is 0 Å². The molecular formula is C21H20N2. The van der Waals surface area contributed by atoms with Crippen LogP contribution in [0.15, 0.2) is 83.0 Å². The Balaban J connectivity index is 1.80. The maximum Gasteiger partial charge on any atom is 0.121 e. The van der Waals surface area contributed by atoms with Crippen LogP contribution in [-0.4, -0.2) is 0 Å². The second-order valence-corrected chi connectivity index (χ2v) is 7.53. The van der Waals surface area contributed by atoms with Crippen molar-refractivity contribution in [2.45, 2.75) is 24.9 Å². The average molecular weight is 300 g/mol. The molecule has 2 aromatic carbocycles. The highest BCUT2D eigenvalue weighted by Crippen LogP contribution is 2.76. The van der Waals surface area contributed by atoms with Gasteiger partial charge in [-0.05, 0) is 11.1 Å². The van der Waals surface area contributed by atoms with E-state index >= 15 is 0 Å². The molecule has 0 N–H and O–H groups in total. The fourth-order valence-corrected chi connectivity index (χ4v) is 5.40. The highest BCUT2D eigenvalue weighted by atomic mass is 15.3. The number of fused-ring (bicyclic) bond motifs is 5. The Morgan fingerprint density at radius 2 is 1.04 bits per heavy atom. The molecule has 1 aliphatic heterocycles. The van der Waals surface area contributed by atoms with Crippen LogP contribution in [0.4, 0.5) is 0 Å². The van der Waals surface area contributed by atoms with E-state index < -0.39 is 0 Å². The van der Waals surface area contributed by atoms with Crippen molar-refractivity contribution in [1.29, 1.82) is 0 Å². The van der Waals surface area contributed by atoms with Gasteiger partial charge in [0.15, 0.2) is 0 Å². The zero-order valence-electron chi connectivity index (χ0n) is 13.5. The third-order valence-electron chi connectivity index (χ3n) is 6.58. The van der Waals surface area contributed by atoms with Crippen molar-refractivity contribution in [2.75, 3.05) is 0 Å². The summed E-state index contributed by atoms with van der Waals surface area (Å²) in [5, 5.41) is 9.93. The summed E-state index contributed by atoms with van der Waals surface area (Å²) in [6.07, 6.45) is 4.70. The summed E-state index contributed by atoms with van der Waals surface area (Å²) in [7, 11) is 0. The third kappa shape index (κ3) is 1.21. The molecule has 1 saturated carbocycles. The van der Waals surface area contributed by atoms with Gasteiger partial charge in [0.1, 0.15) is 11.1 Å². The molecule has 0 radical (unpaired) electrons. The molecule has 23 heavy (non-hydrogen) atoms. The number of nitrogens with zero attached hydrogens (tertiary/aromatic N) is 2. The minimum atomic E-state index is -0.247. The van der Waals surface area contributed by atoms with E-state index in [1.807, 2.05) is 0 Å². The van der Waals surface area contributed by atoms with Crippen LogP contribution in [0.3, 0.4) is 0 Å². The molecule has 2 aliphatic carbocycles. The van der Waals surface area contributed by atoms with Crippen LogP contribution in [-0.2, 0) is 11.1 Å². The molecular weight excluding hydrogens is 280 g/mol. The van der Waals surface area contributed by atoms with Crippen molar-refractivity contribution in [1.82, 2.24) is 0 Å². The molecule has 4 atom stereocenters. The molecule has 0 aromatic heterocycles. The molecule has 2 aromatic rings. The number of benzene rings is 2. The molecule has 0 unspecified atom stereocenters. The molecule has 1 fully saturated rings. The van der Waals surface area contributed by atoms with Gasteiger partial charge in [-0.3, -0.25) is 0 Å². The van der Waals surface area contributed by atoms with E-state index in [1.54, 1.807) is 0 Å². The molecule has 0 spiro atoms. The molecule has 0 amide bonds. The molecule has 0 saturated heterocycles. The molecule has 2 nitrogen and oxygen atoms in total. The minimum Gasteiger partial charge on any atom is -0.180 e. The Labute approximate surface area is 137 Å². The van der Waals surface area contributed by atoms with Gasteiger partial charge in [-0.25, -0.2) is 0 Å². The predicted molar refractivity (Wildman–Crippen MR) is 91.0 cm³/mol. The van der Waals surface area contributed by atoms with Crippen LogP contribution < -0.4 is 0 Å². The number of hydrogen-bond donors (Lipinski definition) is 0. The first-order valence-electron chi connectivity index (χ1n) is 8.38. The zero-order chi connectivity index (χ0) is 15.7. The standard InChI is InChI=1S/C21H20N2/c1-19(2)20(15-9-5-3-6-10-15)17-13-14-18(17)21(19,23-22-20)16-11-7-4-8-12-16/h3-14,17-18H,1-2H3/t17-,18-,20+,21+/m1/s1. The summed E-state index contributed by atoms with van der Waals surface area (Å²) < 4.78 is 0. The summed E-state index contributed by atoms with van der Waals surface area (Å²) in [6.45, 7) is 4.71. The fourth-order valence-electron chi connectivity index (χ4n) is 5.40. The van der Waals surface area contributed by atoms with E-state index in [0.717, 1.165) is 0 Å². The summed E-state index contributed by atoms with van der Waals surface area (Å²) in [5.74, 6) is 0.884. The Morgan fingerprint density at radius 1 is 0.652 bits per heavy atom. The summed E-state index contributed by atoms with van der Waals surface area (Å²) in [5.41, 5.74) is 2.03. The van der Waals surface area contributed by atoms with Gasteiger partial charge in [-0.2, -0.15) is 10.2 Å². The second-order valence-electron chi connectivity index (χ2n) is 7.53. The Hall–Kier alpha value is -2.22. The molecule has 2 heteroatoms. The van der Waals surface area contributed by atoms with Gasteiger partial charge >= 0.3 is 0 Å². The molecule has 5 rings (SSSR count). The Kier molecular flexibility index (Phi) is 2.30. The van der Waals surface area contributed by atoms with Gasteiger partial charge in [-0.15, -0.1) is 0 Å². The lowest BCUT2D eigenvalue weighted by Crippen LogP contribution is -2.43. The maximum absolute atomic E-state index is 4.96. The van der Waals surface area contributed by atoms with Gasteiger partial charge in [0.25, 0.3) is 0 Å². The maximum atomic E-state index is 4.96. The molecule has 2 bridgehead atoms. The number of rotatable bonds is 2. The molecule has 1 heterocycles. The summed E-state index contributed by atoms with van der Waals surface area (Å²) >= 11 is 0. The topological polar surface area (TPSA) is 24.7 Å². The van der Waals surface area contributed by atoms with Crippen molar-refractivity contribution >= 4 is 0 Å². The SMILES string of the molecule is CC1(C)[C@@]2(c3ccccc3)N=N[C@@]1(c1ccccc1)[C@@H]1C=C[C@H]12. The van der Waals surface area contributed by atoms with Crippen LogP contribution >= 0.6 is 0 Å². The van der Waals surface area contributed by atoms with E-state index in [9.17, 15) is 0 Å². The number of hydrogen-bond acceptors (Lipinski definition) is 2. The van der Waals surface area contributed by atoms with Gasteiger partial charge in [-0.1, -0.05) is 86.7 Å². The summed E-state index contributed by atoms with van der Waals surface area (Å²) in [6, 6.07) is 21.5. The van der Waals surface area contributed by atoms with Gasteiger partial charge in [0, 0.05) is 17.3 Å². The van der Waals surface area contributed by atoms with Gasteiger partial charge in [0.05, 0.1) is 0 Å². The van der Waals surface area contributed by atoms with Gasteiger partial charge in [0.2, 0.25) is 0 Å². The lowest BCUT2D eigenvalue weighted by molar-refractivity contribution is 0.160. The van der Waals surface area contributed by atoms with E-state index in [0.29, 0.717) is 11.8 Å². The van der Waals surface area contributed by atoms with E-state index in [4.69, 9.17) is 10.2 Å². The molecule has 114 valence electrons. The van der Waals surface area contributed by atoms with E-state index in [-0.39, 0.29) is 16.5 Å². The van der Waals surface area contributed by atoms with Crippen molar-refractivity contribution in [3.63, 3.8) is 0 Å². The minimum absolute atomic E-state index is 0.0679. The average Bonchev–Trinajstić information content (AvgIpc) is 2.84. The monoisotopic (exact) mass is 300 g/mol. The van der Waals surface area contributed by atoms with E-state index in [1.165, 1.54) is 11.1 Å². The Bertz CT molecular complexity index is 754. The number of azo groups is 1. The van der Waals surface area contributed by atoms with Gasteiger partial charge < -0.3 is 0 Å². The lowest BCUT2D eigenvalue weighted by atomic mass is 9.62. The van der Waals surface area contributed by atoms with Crippen molar-refractivity contribution in [3.05, 3.63) is 83.9 Å². The fraction of sp³-hybridized carbons (Fsp3) is 0.333. The lowest BCUT2D eigenvalue weighted by Gasteiger charge is -2.40. The van der Waals surface area contributed by atoms with Crippen molar-refractivity contribution in [3.8, 4) is 0 Å². The second kappa shape index (κ2) is 4.00. The summed E-state index contributed by atoms with van der Waals surface area (Å²) in [4.78, 5) is 0. The van der Waals surface area contributed by atoms with Crippen LogP contribution in [0, 0.1) is 17.3 Å². The largest absolute Gasteiger partial charge is 0.180 e. The van der Waals surface area contributed by atoms with Crippen molar-refractivity contribution in [2.24, 2.45) is 27.5 Å². The Morgan fingerprint density at radius 3 is 1.39 bits per heavy atom. The first-order chi connectivity index (χ1) is 11.1. The highest BCUT2D eigenvalue weighted by molar-refractivity contribution is 5.50. The highest BCUT2D eigenvalue weighted by Gasteiger charge is 2.78. The first-order valence-corrected chi connectivity index (χ1v) is 8.38. The zero-order valence-corrected chi connectivity index (χ0v) is 13.5.